The molecule has 2 unspecified atom stereocenters. The topological polar surface area (TPSA) is 63.1 Å². The van der Waals surface area contributed by atoms with E-state index in [0.717, 1.165) is 40.9 Å². The number of aryl methyl sites for hydroxylation is 2. The quantitative estimate of drug-likeness (QED) is 0.436. The van der Waals surface area contributed by atoms with Gasteiger partial charge in [-0.05, 0) is 58.7 Å². The Kier molecular flexibility index (Phi) is 5.92. The van der Waals surface area contributed by atoms with Crippen molar-refractivity contribution in [3.63, 3.8) is 0 Å². The first-order valence-corrected chi connectivity index (χ1v) is 12.0. The molecule has 1 N–H and O–H groups in total. The summed E-state index contributed by atoms with van der Waals surface area (Å²) in [4.78, 5) is 18.7. The van der Waals surface area contributed by atoms with E-state index < -0.39 is 0 Å². The van der Waals surface area contributed by atoms with Crippen molar-refractivity contribution in [2.75, 3.05) is 0 Å². The summed E-state index contributed by atoms with van der Waals surface area (Å²) in [7, 11) is 0. The predicted octanol–water partition coefficient (Wildman–Crippen LogP) is 5.61. The SMILES string of the molecule is Cc1ccc(-n2nc(C)c3c(C(=O)NN4C(C)CCCC4C)cc(-c4ccccc4)nc32)cc1. The minimum absolute atomic E-state index is 0.114. The summed E-state index contributed by atoms with van der Waals surface area (Å²) in [6.45, 7) is 8.36. The number of nitrogens with zero attached hydrogens (tertiary/aromatic N) is 4. The maximum absolute atomic E-state index is 13.7. The summed E-state index contributed by atoms with van der Waals surface area (Å²) in [6.07, 6.45) is 3.35. The number of piperidine rings is 1. The maximum atomic E-state index is 13.7. The van der Waals surface area contributed by atoms with Gasteiger partial charge in [-0.1, -0.05) is 54.4 Å². The zero-order valence-corrected chi connectivity index (χ0v) is 20.2. The van der Waals surface area contributed by atoms with Crippen molar-refractivity contribution in [3.8, 4) is 16.9 Å². The Labute approximate surface area is 200 Å². The lowest BCUT2D eigenvalue weighted by atomic mass is 9.99. The third kappa shape index (κ3) is 4.10. The summed E-state index contributed by atoms with van der Waals surface area (Å²) in [5.41, 5.74) is 9.12. The fourth-order valence-electron chi connectivity index (χ4n) is 4.91. The average molecular weight is 454 g/mol. The fraction of sp³-hybridized carbons (Fsp3) is 0.321. The van der Waals surface area contributed by atoms with E-state index in [4.69, 9.17) is 10.1 Å². The van der Waals surface area contributed by atoms with Crippen molar-refractivity contribution in [1.29, 1.82) is 0 Å². The second kappa shape index (κ2) is 9.03. The molecule has 0 bridgehead atoms. The van der Waals surface area contributed by atoms with Crippen LogP contribution >= 0.6 is 0 Å². The van der Waals surface area contributed by atoms with Gasteiger partial charge in [0.2, 0.25) is 0 Å². The van der Waals surface area contributed by atoms with Crippen LogP contribution in [0, 0.1) is 13.8 Å². The number of fused-ring (bicyclic) bond motifs is 1. The van der Waals surface area contributed by atoms with Crippen LogP contribution in [0.15, 0.2) is 60.7 Å². The van der Waals surface area contributed by atoms with Crippen LogP contribution in [0.5, 0.6) is 0 Å². The minimum atomic E-state index is -0.114. The Hall–Kier alpha value is -3.51. The molecule has 0 saturated carbocycles. The van der Waals surface area contributed by atoms with Crippen LogP contribution in [0.4, 0.5) is 0 Å². The standard InChI is InChI=1S/C28H31N5O/c1-18-13-15-23(16-14-18)33-27-26(21(4)30-33)24(17-25(29-27)22-11-6-5-7-12-22)28(34)31-32-19(2)9-8-10-20(32)3/h5-7,11-17,19-20H,8-10H2,1-4H3,(H,31,34). The number of pyridine rings is 1. The van der Waals surface area contributed by atoms with Crippen molar-refractivity contribution >= 4 is 16.9 Å². The molecule has 2 atom stereocenters. The molecule has 0 radical (unpaired) electrons. The highest BCUT2D eigenvalue weighted by Crippen LogP contribution is 2.29. The van der Waals surface area contributed by atoms with Gasteiger partial charge < -0.3 is 0 Å². The van der Waals surface area contributed by atoms with Gasteiger partial charge >= 0.3 is 0 Å². The molecule has 174 valence electrons. The van der Waals surface area contributed by atoms with E-state index in [1.807, 2.05) is 60.1 Å². The van der Waals surface area contributed by atoms with Crippen LogP contribution in [-0.2, 0) is 0 Å². The summed E-state index contributed by atoms with van der Waals surface area (Å²) >= 11 is 0. The molecule has 1 aliphatic heterocycles. The van der Waals surface area contributed by atoms with Gasteiger partial charge in [0.1, 0.15) is 0 Å². The number of hydrogen-bond acceptors (Lipinski definition) is 4. The Bertz CT molecular complexity index is 1320. The number of nitrogens with one attached hydrogen (secondary N) is 1. The van der Waals surface area contributed by atoms with E-state index in [1.54, 1.807) is 0 Å². The van der Waals surface area contributed by atoms with Gasteiger partial charge in [0.25, 0.3) is 5.91 Å². The van der Waals surface area contributed by atoms with Gasteiger partial charge in [-0.15, -0.1) is 0 Å². The molecule has 1 amide bonds. The van der Waals surface area contributed by atoms with Gasteiger partial charge in [0, 0.05) is 17.6 Å². The van der Waals surface area contributed by atoms with Crippen molar-refractivity contribution in [2.45, 2.75) is 59.0 Å². The Morgan fingerprint density at radius 3 is 2.32 bits per heavy atom. The molecular weight excluding hydrogens is 422 g/mol. The Morgan fingerprint density at radius 1 is 0.971 bits per heavy atom. The molecule has 4 aromatic rings. The van der Waals surface area contributed by atoms with Crippen LogP contribution in [0.25, 0.3) is 28.0 Å². The molecule has 1 fully saturated rings. The van der Waals surface area contributed by atoms with Crippen LogP contribution < -0.4 is 5.43 Å². The smallest absolute Gasteiger partial charge is 0.266 e. The average Bonchev–Trinajstić information content (AvgIpc) is 3.18. The molecule has 3 heterocycles. The zero-order chi connectivity index (χ0) is 23.8. The first-order valence-electron chi connectivity index (χ1n) is 12.0. The highest BCUT2D eigenvalue weighted by Gasteiger charge is 2.28. The molecule has 0 spiro atoms. The van der Waals surface area contributed by atoms with Crippen molar-refractivity contribution in [1.82, 2.24) is 25.2 Å². The number of rotatable bonds is 4. The molecule has 6 heteroatoms. The number of hydrazine groups is 1. The van der Waals surface area contributed by atoms with Crippen molar-refractivity contribution in [3.05, 3.63) is 77.5 Å². The first kappa shape index (κ1) is 22.3. The highest BCUT2D eigenvalue weighted by molar-refractivity contribution is 6.07. The van der Waals surface area contributed by atoms with E-state index in [-0.39, 0.29) is 5.91 Å². The minimum Gasteiger partial charge on any atom is -0.284 e. The molecule has 5 rings (SSSR count). The monoisotopic (exact) mass is 453 g/mol. The maximum Gasteiger partial charge on any atom is 0.266 e. The molecule has 1 aliphatic rings. The van der Waals surface area contributed by atoms with Gasteiger partial charge in [-0.3, -0.25) is 10.2 Å². The number of carbonyl (C=O) groups excluding carboxylic acids is 1. The summed E-state index contributed by atoms with van der Waals surface area (Å²) in [5.74, 6) is -0.114. The first-order chi connectivity index (χ1) is 16.4. The zero-order valence-electron chi connectivity index (χ0n) is 20.2. The number of benzene rings is 2. The van der Waals surface area contributed by atoms with Gasteiger partial charge in [-0.25, -0.2) is 14.7 Å². The Balaban J connectivity index is 1.67. The van der Waals surface area contributed by atoms with Crippen molar-refractivity contribution < 1.29 is 4.79 Å². The van der Waals surface area contributed by atoms with Crippen molar-refractivity contribution in [2.24, 2.45) is 0 Å². The second-order valence-corrected chi connectivity index (χ2v) is 9.43. The number of aromatic nitrogens is 3. The van der Waals surface area contributed by atoms with E-state index in [9.17, 15) is 4.79 Å². The third-order valence-electron chi connectivity index (χ3n) is 6.83. The summed E-state index contributed by atoms with van der Waals surface area (Å²) in [5, 5.41) is 7.70. The van der Waals surface area contributed by atoms with Crippen LogP contribution in [0.2, 0.25) is 0 Å². The molecular formula is C28H31N5O. The number of hydrogen-bond donors (Lipinski definition) is 1. The normalized spacial score (nSPS) is 18.8. The fourth-order valence-corrected chi connectivity index (χ4v) is 4.91. The van der Waals surface area contributed by atoms with E-state index in [1.165, 1.54) is 12.0 Å². The highest BCUT2D eigenvalue weighted by atomic mass is 16.2. The van der Waals surface area contributed by atoms with Gasteiger partial charge in [0.15, 0.2) is 5.65 Å². The largest absolute Gasteiger partial charge is 0.284 e. The third-order valence-corrected chi connectivity index (χ3v) is 6.83. The lowest BCUT2D eigenvalue weighted by Crippen LogP contribution is -2.54. The molecule has 2 aromatic heterocycles. The van der Waals surface area contributed by atoms with Crippen LogP contribution in [0.1, 0.15) is 54.7 Å². The summed E-state index contributed by atoms with van der Waals surface area (Å²) in [6, 6.07) is 20.7. The second-order valence-electron chi connectivity index (χ2n) is 9.43. The molecule has 1 saturated heterocycles. The number of carbonyl (C=O) groups is 1. The number of amides is 1. The molecule has 0 aliphatic carbocycles. The van der Waals surface area contributed by atoms with Gasteiger partial charge in [-0.2, -0.15) is 5.10 Å². The van der Waals surface area contributed by atoms with E-state index >= 15 is 0 Å². The lowest BCUT2D eigenvalue weighted by Gasteiger charge is -2.38. The molecule has 2 aromatic carbocycles. The van der Waals surface area contributed by atoms with Crippen LogP contribution in [0.3, 0.4) is 0 Å². The summed E-state index contributed by atoms with van der Waals surface area (Å²) < 4.78 is 1.85. The lowest BCUT2D eigenvalue weighted by molar-refractivity contribution is 0.0371. The molecule has 6 nitrogen and oxygen atoms in total. The van der Waals surface area contributed by atoms with E-state index in [0.29, 0.717) is 23.3 Å². The predicted molar refractivity (Wildman–Crippen MR) is 136 cm³/mol. The van der Waals surface area contributed by atoms with Crippen LogP contribution in [-0.4, -0.2) is 37.8 Å². The van der Waals surface area contributed by atoms with Gasteiger partial charge in [0.05, 0.1) is 28.0 Å². The Morgan fingerprint density at radius 2 is 1.65 bits per heavy atom. The van der Waals surface area contributed by atoms with E-state index in [2.05, 4.69) is 43.3 Å². The molecule has 34 heavy (non-hydrogen) atoms.